The molecule has 1 aromatic heterocycles. The van der Waals surface area contributed by atoms with E-state index in [1.54, 1.807) is 18.6 Å². The number of hydrogen-bond donors (Lipinski definition) is 1. The van der Waals surface area contributed by atoms with Crippen molar-refractivity contribution in [2.45, 2.75) is 44.2 Å². The van der Waals surface area contributed by atoms with E-state index in [4.69, 9.17) is 0 Å². The molecule has 23 heavy (non-hydrogen) atoms. The number of aromatic nitrogens is 2. The highest BCUT2D eigenvalue weighted by atomic mass is 19.1. The molecule has 120 valence electrons. The van der Waals surface area contributed by atoms with Gasteiger partial charge in [-0.1, -0.05) is 12.1 Å². The predicted molar refractivity (Wildman–Crippen MR) is 83.3 cm³/mol. The second-order valence-electron chi connectivity index (χ2n) is 6.58. The molecule has 4 rings (SSSR count). The van der Waals surface area contributed by atoms with Crippen molar-refractivity contribution < 1.29 is 14.3 Å². The summed E-state index contributed by atoms with van der Waals surface area (Å²) < 4.78 is 16.3. The number of rotatable bonds is 3. The Morgan fingerprint density at radius 3 is 2.87 bits per heavy atom. The molecule has 1 unspecified atom stereocenters. The van der Waals surface area contributed by atoms with Crippen LogP contribution >= 0.6 is 0 Å². The third-order valence-electron chi connectivity index (χ3n) is 5.21. The molecular weight excluding hydrogens is 295 g/mol. The molecule has 0 amide bonds. The average Bonchev–Trinajstić information content (AvgIpc) is 3.12. The van der Waals surface area contributed by atoms with Gasteiger partial charge in [-0.2, -0.15) is 0 Å². The lowest BCUT2D eigenvalue weighted by Crippen LogP contribution is -2.26. The minimum atomic E-state index is -0.303. The van der Waals surface area contributed by atoms with Crippen molar-refractivity contribution in [3.8, 4) is 11.3 Å². The maximum absolute atomic E-state index is 14.3. The van der Waals surface area contributed by atoms with E-state index in [0.29, 0.717) is 18.4 Å². The number of carbonyl (C=O) groups is 1. The Hall–Kier alpha value is -2.01. The minimum absolute atomic E-state index is 0.0128. The van der Waals surface area contributed by atoms with Crippen LogP contribution < -0.4 is 0 Å². The molecule has 0 radical (unpaired) electrons. The quantitative estimate of drug-likeness (QED) is 0.947. The van der Waals surface area contributed by atoms with Crippen LogP contribution in [0.5, 0.6) is 0 Å². The Balaban J connectivity index is 1.61. The fourth-order valence-corrected chi connectivity index (χ4v) is 3.96. The molecule has 1 aliphatic heterocycles. The third-order valence-corrected chi connectivity index (χ3v) is 5.21. The summed E-state index contributed by atoms with van der Waals surface area (Å²) >= 11 is 0. The van der Waals surface area contributed by atoms with Gasteiger partial charge < -0.3 is 9.67 Å². The molecule has 1 saturated carbocycles. The summed E-state index contributed by atoms with van der Waals surface area (Å²) in [5.41, 5.74) is 2.31. The molecule has 0 saturated heterocycles. The van der Waals surface area contributed by atoms with E-state index in [1.807, 2.05) is 10.6 Å². The van der Waals surface area contributed by atoms with Crippen molar-refractivity contribution in [1.29, 1.82) is 0 Å². The van der Waals surface area contributed by atoms with Crippen molar-refractivity contribution in [1.82, 2.24) is 9.55 Å². The number of ketones is 1. The van der Waals surface area contributed by atoms with E-state index in [1.165, 1.54) is 6.07 Å². The average molecular weight is 314 g/mol. The molecule has 1 N–H and O–H groups in total. The molecule has 2 heterocycles. The van der Waals surface area contributed by atoms with Crippen LogP contribution in [0.15, 0.2) is 30.7 Å². The number of hydrogen-bond acceptors (Lipinski definition) is 3. The van der Waals surface area contributed by atoms with Gasteiger partial charge in [-0.15, -0.1) is 0 Å². The first kappa shape index (κ1) is 14.6. The van der Waals surface area contributed by atoms with Gasteiger partial charge in [0.1, 0.15) is 11.6 Å². The van der Waals surface area contributed by atoms with Crippen LogP contribution in [-0.4, -0.2) is 26.5 Å². The lowest BCUT2D eigenvalue weighted by Gasteiger charge is -2.25. The van der Waals surface area contributed by atoms with Crippen molar-refractivity contribution in [2.75, 3.05) is 0 Å². The molecule has 5 heteroatoms. The number of aliphatic hydroxyl groups excluding tert-OH is 1. The highest BCUT2D eigenvalue weighted by Crippen LogP contribution is 2.43. The summed E-state index contributed by atoms with van der Waals surface area (Å²) in [4.78, 5) is 16.8. The molecule has 2 aliphatic rings. The Morgan fingerprint density at radius 2 is 2.09 bits per heavy atom. The van der Waals surface area contributed by atoms with Crippen LogP contribution in [0, 0.1) is 11.7 Å². The van der Waals surface area contributed by atoms with Crippen molar-refractivity contribution in [3.05, 3.63) is 42.1 Å². The number of fused-ring (bicyclic) bond motifs is 3. The molecule has 4 nitrogen and oxygen atoms in total. The van der Waals surface area contributed by atoms with Crippen LogP contribution in [0.2, 0.25) is 0 Å². The Bertz CT molecular complexity index is 747. The van der Waals surface area contributed by atoms with Crippen LogP contribution in [-0.2, 0) is 4.79 Å². The largest absolute Gasteiger partial charge is 0.393 e. The van der Waals surface area contributed by atoms with Crippen LogP contribution in [0.3, 0.4) is 0 Å². The smallest absolute Gasteiger partial charge is 0.138 e. The molecule has 1 fully saturated rings. The lowest BCUT2D eigenvalue weighted by atomic mass is 9.82. The first-order valence-electron chi connectivity index (χ1n) is 8.16. The van der Waals surface area contributed by atoms with Gasteiger partial charge in [0, 0.05) is 23.5 Å². The number of Topliss-reactive ketones (excluding diaryl/α,β-unsaturated/α-hetero) is 1. The summed E-state index contributed by atoms with van der Waals surface area (Å²) in [5, 5.41) is 9.59. The molecule has 2 aromatic rings. The zero-order valence-electron chi connectivity index (χ0n) is 12.8. The fourth-order valence-electron chi connectivity index (χ4n) is 3.96. The SMILES string of the molecule is O=C(CC1c2c(F)cccc2-c2cncn21)C1CCC(O)CC1. The number of imidazole rings is 1. The second-order valence-corrected chi connectivity index (χ2v) is 6.58. The number of carbonyl (C=O) groups excluding carboxylic acids is 1. The van der Waals surface area contributed by atoms with Crippen LogP contribution in [0.4, 0.5) is 4.39 Å². The van der Waals surface area contributed by atoms with E-state index in [2.05, 4.69) is 4.98 Å². The number of benzene rings is 1. The predicted octanol–water partition coefficient (Wildman–Crippen LogP) is 3.10. The normalized spacial score (nSPS) is 25.9. The fraction of sp³-hybridized carbons (Fsp3) is 0.444. The van der Waals surface area contributed by atoms with Crippen LogP contribution in [0.1, 0.15) is 43.7 Å². The molecule has 0 bridgehead atoms. The highest BCUT2D eigenvalue weighted by molar-refractivity contribution is 5.83. The Morgan fingerprint density at radius 1 is 1.30 bits per heavy atom. The van der Waals surface area contributed by atoms with Gasteiger partial charge in [0.2, 0.25) is 0 Å². The number of halogens is 1. The maximum atomic E-state index is 14.3. The molecule has 0 spiro atoms. The third kappa shape index (κ3) is 2.39. The zero-order valence-corrected chi connectivity index (χ0v) is 12.8. The van der Waals surface area contributed by atoms with Gasteiger partial charge in [-0.05, 0) is 31.7 Å². The van der Waals surface area contributed by atoms with Crippen molar-refractivity contribution in [3.63, 3.8) is 0 Å². The van der Waals surface area contributed by atoms with Gasteiger partial charge in [0.25, 0.3) is 0 Å². The van der Waals surface area contributed by atoms with Gasteiger partial charge in [0.05, 0.1) is 30.4 Å². The van der Waals surface area contributed by atoms with Gasteiger partial charge in [0.15, 0.2) is 0 Å². The maximum Gasteiger partial charge on any atom is 0.138 e. The van der Waals surface area contributed by atoms with Crippen LogP contribution in [0.25, 0.3) is 11.3 Å². The summed E-state index contributed by atoms with van der Waals surface area (Å²) in [7, 11) is 0. The lowest BCUT2D eigenvalue weighted by molar-refractivity contribution is -0.124. The summed E-state index contributed by atoms with van der Waals surface area (Å²) in [6.45, 7) is 0. The van der Waals surface area contributed by atoms with Crippen molar-refractivity contribution >= 4 is 5.78 Å². The molecule has 1 atom stereocenters. The first-order chi connectivity index (χ1) is 11.1. The van der Waals surface area contributed by atoms with Gasteiger partial charge in [-0.3, -0.25) is 4.79 Å². The number of nitrogens with zero attached hydrogens (tertiary/aromatic N) is 2. The van der Waals surface area contributed by atoms with E-state index < -0.39 is 0 Å². The highest BCUT2D eigenvalue weighted by Gasteiger charge is 2.35. The van der Waals surface area contributed by atoms with Crippen molar-refractivity contribution in [2.24, 2.45) is 5.92 Å². The van der Waals surface area contributed by atoms with E-state index in [0.717, 1.165) is 24.1 Å². The monoisotopic (exact) mass is 314 g/mol. The van der Waals surface area contributed by atoms with Gasteiger partial charge in [-0.25, -0.2) is 9.37 Å². The first-order valence-corrected chi connectivity index (χ1v) is 8.16. The summed E-state index contributed by atoms with van der Waals surface area (Å²) in [6, 6.07) is 4.72. The topological polar surface area (TPSA) is 55.1 Å². The number of aliphatic hydroxyl groups is 1. The Kier molecular flexibility index (Phi) is 3.53. The second kappa shape index (κ2) is 5.57. The summed E-state index contributed by atoms with van der Waals surface area (Å²) in [6.07, 6.45) is 6.24. The molecular formula is C18H19FN2O2. The van der Waals surface area contributed by atoms with E-state index in [9.17, 15) is 14.3 Å². The summed E-state index contributed by atoms with van der Waals surface area (Å²) in [5.74, 6) is -0.109. The minimum Gasteiger partial charge on any atom is -0.393 e. The zero-order chi connectivity index (χ0) is 16.0. The standard InChI is InChI=1S/C18H19FN2O2/c19-14-3-1-2-13-16-9-20-10-21(16)15(18(13)14)8-17(23)11-4-6-12(22)7-5-11/h1-3,9-12,15,22H,4-8H2. The van der Waals surface area contributed by atoms with E-state index in [-0.39, 0.29) is 36.1 Å². The molecule has 1 aromatic carbocycles. The van der Waals surface area contributed by atoms with Gasteiger partial charge >= 0.3 is 0 Å². The van der Waals surface area contributed by atoms with E-state index >= 15 is 0 Å². The molecule has 1 aliphatic carbocycles. The Labute approximate surface area is 134 Å².